The number of nitrogens with zero attached hydrogens (tertiary/aromatic N) is 1. The van der Waals surface area contributed by atoms with Crippen LogP contribution in [0.5, 0.6) is 0 Å². The topological polar surface area (TPSA) is 68.0 Å². The molecule has 0 atom stereocenters. The van der Waals surface area contributed by atoms with Crippen LogP contribution in [-0.4, -0.2) is 10.9 Å². The highest BCUT2D eigenvalue weighted by molar-refractivity contribution is 6.08. The SMILES string of the molecule is NC(=O)CCc1ccc(Nc2c3ccccc3nc3ccccc23)cc1. The summed E-state index contributed by atoms with van der Waals surface area (Å²) in [5.41, 5.74) is 10.3. The zero-order valence-electron chi connectivity index (χ0n) is 14.3. The Balaban J connectivity index is 1.72. The normalized spacial score (nSPS) is 10.9. The van der Waals surface area contributed by atoms with Gasteiger partial charge in [-0.25, -0.2) is 4.98 Å². The number of carbonyl (C=O) groups excluding carboxylic acids is 1. The van der Waals surface area contributed by atoms with Crippen LogP contribution in [0.15, 0.2) is 72.8 Å². The summed E-state index contributed by atoms with van der Waals surface area (Å²) in [6.45, 7) is 0. The van der Waals surface area contributed by atoms with E-state index < -0.39 is 0 Å². The maximum atomic E-state index is 10.9. The van der Waals surface area contributed by atoms with Crippen molar-refractivity contribution >= 4 is 39.1 Å². The van der Waals surface area contributed by atoms with E-state index in [0.717, 1.165) is 38.7 Å². The van der Waals surface area contributed by atoms with Gasteiger partial charge in [0.2, 0.25) is 5.91 Å². The number of fused-ring (bicyclic) bond motifs is 2. The fourth-order valence-corrected chi connectivity index (χ4v) is 3.14. The van der Waals surface area contributed by atoms with Crippen LogP contribution in [0.4, 0.5) is 11.4 Å². The molecule has 0 aliphatic carbocycles. The first kappa shape index (κ1) is 16.1. The number of nitrogens with two attached hydrogens (primary N) is 1. The molecule has 0 unspecified atom stereocenters. The van der Waals surface area contributed by atoms with Crippen LogP contribution in [-0.2, 0) is 11.2 Å². The largest absolute Gasteiger partial charge is 0.370 e. The summed E-state index contributed by atoms with van der Waals surface area (Å²) in [4.78, 5) is 15.7. The van der Waals surface area contributed by atoms with Crippen molar-refractivity contribution < 1.29 is 4.79 Å². The Kier molecular flexibility index (Phi) is 4.23. The van der Waals surface area contributed by atoms with E-state index in [4.69, 9.17) is 10.7 Å². The summed E-state index contributed by atoms with van der Waals surface area (Å²) in [6.07, 6.45) is 1.03. The number of aryl methyl sites for hydroxylation is 1. The van der Waals surface area contributed by atoms with Gasteiger partial charge in [0.25, 0.3) is 0 Å². The van der Waals surface area contributed by atoms with Gasteiger partial charge in [-0.15, -0.1) is 0 Å². The smallest absolute Gasteiger partial charge is 0.217 e. The van der Waals surface area contributed by atoms with Crippen LogP contribution in [0.25, 0.3) is 21.8 Å². The molecule has 26 heavy (non-hydrogen) atoms. The lowest BCUT2D eigenvalue weighted by atomic mass is 10.1. The van der Waals surface area contributed by atoms with E-state index in [1.807, 2.05) is 60.7 Å². The maximum absolute atomic E-state index is 10.9. The monoisotopic (exact) mass is 341 g/mol. The van der Waals surface area contributed by atoms with Crippen LogP contribution >= 0.6 is 0 Å². The van der Waals surface area contributed by atoms with E-state index in [1.54, 1.807) is 0 Å². The third-order valence-corrected chi connectivity index (χ3v) is 4.47. The molecule has 1 amide bonds. The van der Waals surface area contributed by atoms with Gasteiger partial charge in [0.15, 0.2) is 0 Å². The van der Waals surface area contributed by atoms with Gasteiger partial charge >= 0.3 is 0 Å². The summed E-state index contributed by atoms with van der Waals surface area (Å²) >= 11 is 0. The first-order chi connectivity index (χ1) is 12.7. The summed E-state index contributed by atoms with van der Waals surface area (Å²) in [5, 5.41) is 5.72. The van der Waals surface area contributed by atoms with Gasteiger partial charge in [-0.2, -0.15) is 0 Å². The minimum Gasteiger partial charge on any atom is -0.370 e. The molecule has 1 aromatic heterocycles. The van der Waals surface area contributed by atoms with E-state index in [0.29, 0.717) is 12.8 Å². The van der Waals surface area contributed by atoms with Gasteiger partial charge < -0.3 is 11.1 Å². The predicted octanol–water partition coefficient (Wildman–Crippen LogP) is 4.55. The Labute approximate surface area is 151 Å². The van der Waals surface area contributed by atoms with Gasteiger partial charge in [-0.05, 0) is 36.2 Å². The molecular formula is C22H19N3O. The number of benzene rings is 3. The second-order valence-corrected chi connectivity index (χ2v) is 6.31. The lowest BCUT2D eigenvalue weighted by Crippen LogP contribution is -2.11. The minimum absolute atomic E-state index is 0.276. The zero-order valence-corrected chi connectivity index (χ0v) is 14.3. The number of nitrogens with one attached hydrogen (secondary N) is 1. The molecule has 0 saturated carbocycles. The van der Waals surface area contributed by atoms with Gasteiger partial charge in [0, 0.05) is 22.9 Å². The molecule has 0 radical (unpaired) electrons. The van der Waals surface area contributed by atoms with Gasteiger partial charge in [-0.1, -0.05) is 48.5 Å². The van der Waals surface area contributed by atoms with Crippen molar-refractivity contribution in [3.63, 3.8) is 0 Å². The predicted molar refractivity (Wildman–Crippen MR) is 106 cm³/mol. The molecule has 0 fully saturated rings. The fraction of sp³-hybridized carbons (Fsp3) is 0.0909. The zero-order chi connectivity index (χ0) is 17.9. The number of para-hydroxylation sites is 2. The molecule has 128 valence electrons. The molecule has 4 rings (SSSR count). The number of anilines is 2. The molecule has 0 aliphatic rings. The standard InChI is InChI=1S/C22H19N3O/c23-21(26)14-11-15-9-12-16(13-10-15)24-22-17-5-1-3-7-19(17)25-20-8-4-2-6-18(20)22/h1-10,12-13H,11,14H2,(H2,23,26)(H,24,25). The van der Waals surface area contributed by atoms with Crippen molar-refractivity contribution in [1.29, 1.82) is 0 Å². The molecule has 4 aromatic rings. The molecule has 0 aliphatic heterocycles. The van der Waals surface area contributed by atoms with Gasteiger partial charge in [0.1, 0.15) is 0 Å². The molecule has 0 saturated heterocycles. The number of hydrogen-bond donors (Lipinski definition) is 2. The third-order valence-electron chi connectivity index (χ3n) is 4.47. The number of carbonyl (C=O) groups is 1. The molecule has 3 aromatic carbocycles. The Morgan fingerprint density at radius 2 is 1.42 bits per heavy atom. The third kappa shape index (κ3) is 3.22. The minimum atomic E-state index is -0.276. The molecule has 0 bridgehead atoms. The van der Waals surface area contributed by atoms with Crippen molar-refractivity contribution in [3.8, 4) is 0 Å². The summed E-state index contributed by atoms with van der Waals surface area (Å²) in [7, 11) is 0. The van der Waals surface area contributed by atoms with Gasteiger partial charge in [-0.3, -0.25) is 4.79 Å². The van der Waals surface area contributed by atoms with Crippen LogP contribution < -0.4 is 11.1 Å². The number of amides is 1. The van der Waals surface area contributed by atoms with Crippen molar-refractivity contribution in [2.75, 3.05) is 5.32 Å². The van der Waals surface area contributed by atoms with E-state index in [2.05, 4.69) is 17.4 Å². The molecular weight excluding hydrogens is 322 g/mol. The maximum Gasteiger partial charge on any atom is 0.217 e. The lowest BCUT2D eigenvalue weighted by Gasteiger charge is -2.13. The van der Waals surface area contributed by atoms with E-state index in [1.165, 1.54) is 0 Å². The van der Waals surface area contributed by atoms with Crippen molar-refractivity contribution in [3.05, 3.63) is 78.4 Å². The first-order valence-electron chi connectivity index (χ1n) is 8.62. The quantitative estimate of drug-likeness (QED) is 0.523. The van der Waals surface area contributed by atoms with E-state index in [-0.39, 0.29) is 5.91 Å². The first-order valence-corrected chi connectivity index (χ1v) is 8.62. The highest BCUT2D eigenvalue weighted by Gasteiger charge is 2.09. The summed E-state index contributed by atoms with van der Waals surface area (Å²) in [5.74, 6) is -0.276. The number of hydrogen-bond acceptors (Lipinski definition) is 3. The number of aromatic nitrogens is 1. The average molecular weight is 341 g/mol. The molecule has 1 heterocycles. The van der Waals surface area contributed by atoms with Gasteiger partial charge in [0.05, 0.1) is 16.7 Å². The highest BCUT2D eigenvalue weighted by atomic mass is 16.1. The summed E-state index contributed by atoms with van der Waals surface area (Å²) in [6, 6.07) is 24.4. The second-order valence-electron chi connectivity index (χ2n) is 6.31. The Morgan fingerprint density at radius 1 is 0.846 bits per heavy atom. The van der Waals surface area contributed by atoms with Crippen LogP contribution in [0.2, 0.25) is 0 Å². The average Bonchev–Trinajstić information content (AvgIpc) is 2.67. The van der Waals surface area contributed by atoms with E-state index in [9.17, 15) is 4.79 Å². The van der Waals surface area contributed by atoms with E-state index >= 15 is 0 Å². The summed E-state index contributed by atoms with van der Waals surface area (Å²) < 4.78 is 0. The highest BCUT2D eigenvalue weighted by Crippen LogP contribution is 2.32. The fourth-order valence-electron chi connectivity index (χ4n) is 3.14. The van der Waals surface area contributed by atoms with Crippen molar-refractivity contribution in [2.45, 2.75) is 12.8 Å². The Morgan fingerprint density at radius 3 is 2.00 bits per heavy atom. The molecule has 4 nitrogen and oxygen atoms in total. The number of pyridine rings is 1. The Bertz CT molecular complexity index is 1030. The second kappa shape index (κ2) is 6.84. The van der Waals surface area contributed by atoms with Crippen LogP contribution in [0.3, 0.4) is 0 Å². The molecule has 0 spiro atoms. The van der Waals surface area contributed by atoms with Crippen molar-refractivity contribution in [1.82, 2.24) is 4.98 Å². The van der Waals surface area contributed by atoms with Crippen LogP contribution in [0.1, 0.15) is 12.0 Å². The number of rotatable bonds is 5. The number of primary amides is 1. The lowest BCUT2D eigenvalue weighted by molar-refractivity contribution is -0.117. The van der Waals surface area contributed by atoms with Crippen molar-refractivity contribution in [2.24, 2.45) is 5.73 Å². The molecule has 4 heteroatoms. The molecule has 3 N–H and O–H groups in total. The van der Waals surface area contributed by atoms with Crippen LogP contribution in [0, 0.1) is 0 Å². The Hall–Kier alpha value is -3.40.